The minimum Gasteiger partial charge on any atom is -0.385 e. The van der Waals surface area contributed by atoms with E-state index in [9.17, 15) is 4.79 Å². The average Bonchev–Trinajstić information content (AvgIpc) is 2.67. The molecule has 1 aliphatic heterocycles. The molecule has 0 aromatic carbocycles. The summed E-state index contributed by atoms with van der Waals surface area (Å²) in [6.45, 7) is 5.78. The number of ether oxygens (including phenoxy) is 1. The van der Waals surface area contributed by atoms with Crippen LogP contribution in [-0.4, -0.2) is 72.1 Å². The predicted octanol–water partition coefficient (Wildman–Crippen LogP) is 1.76. The Morgan fingerprint density at radius 2 is 2.25 bits per heavy atom. The van der Waals surface area contributed by atoms with Gasteiger partial charge in [-0.1, -0.05) is 6.92 Å². The van der Waals surface area contributed by atoms with Gasteiger partial charge in [-0.15, -0.1) is 0 Å². The summed E-state index contributed by atoms with van der Waals surface area (Å²) in [4.78, 5) is 25.9. The molecule has 1 aromatic heterocycles. The summed E-state index contributed by atoms with van der Waals surface area (Å²) in [6, 6.07) is 0.533. The van der Waals surface area contributed by atoms with Crippen molar-refractivity contribution in [2.75, 3.05) is 46.1 Å². The SMILES string of the molecule is CCCN1C[C@@H](CC(=O)N(C)CCCOC)C[C@@H]2Cc3nc(N)ncc3C[C@H]21. The highest BCUT2D eigenvalue weighted by Crippen LogP contribution is 2.37. The lowest BCUT2D eigenvalue weighted by molar-refractivity contribution is -0.132. The normalized spacial score (nSPS) is 24.5. The van der Waals surface area contributed by atoms with E-state index in [0.29, 0.717) is 36.9 Å². The zero-order valence-electron chi connectivity index (χ0n) is 17.6. The number of aromatic nitrogens is 2. The van der Waals surface area contributed by atoms with Crippen molar-refractivity contribution in [2.45, 2.75) is 51.5 Å². The van der Waals surface area contributed by atoms with Crippen LogP contribution < -0.4 is 5.73 Å². The summed E-state index contributed by atoms with van der Waals surface area (Å²) < 4.78 is 5.10. The zero-order chi connectivity index (χ0) is 20.1. The van der Waals surface area contributed by atoms with Crippen molar-refractivity contribution in [1.82, 2.24) is 19.8 Å². The van der Waals surface area contributed by atoms with Gasteiger partial charge in [-0.25, -0.2) is 9.97 Å². The molecule has 1 amide bonds. The molecule has 2 N–H and O–H groups in total. The van der Waals surface area contributed by atoms with E-state index in [4.69, 9.17) is 10.5 Å². The number of carbonyl (C=O) groups excluding carboxylic acids is 1. The largest absolute Gasteiger partial charge is 0.385 e. The van der Waals surface area contributed by atoms with Crippen LogP contribution in [0.15, 0.2) is 6.20 Å². The van der Waals surface area contributed by atoms with Crippen LogP contribution >= 0.6 is 0 Å². The van der Waals surface area contributed by atoms with Crippen molar-refractivity contribution < 1.29 is 9.53 Å². The molecule has 0 saturated carbocycles. The molecular formula is C21H35N5O2. The van der Waals surface area contributed by atoms with E-state index < -0.39 is 0 Å². The van der Waals surface area contributed by atoms with Gasteiger partial charge < -0.3 is 15.4 Å². The van der Waals surface area contributed by atoms with Crippen molar-refractivity contribution in [3.8, 4) is 0 Å². The van der Waals surface area contributed by atoms with Crippen LogP contribution in [0, 0.1) is 11.8 Å². The second kappa shape index (κ2) is 9.65. The topological polar surface area (TPSA) is 84.6 Å². The molecule has 1 saturated heterocycles. The second-order valence-corrected chi connectivity index (χ2v) is 8.40. The number of amides is 1. The number of piperidine rings is 1. The lowest BCUT2D eigenvalue weighted by Crippen LogP contribution is -2.53. The van der Waals surface area contributed by atoms with Crippen molar-refractivity contribution in [2.24, 2.45) is 11.8 Å². The Balaban J connectivity index is 1.65. The fraction of sp³-hybridized carbons (Fsp3) is 0.762. The third-order valence-corrected chi connectivity index (χ3v) is 6.24. The van der Waals surface area contributed by atoms with Crippen LogP contribution in [0.3, 0.4) is 0 Å². The number of methoxy groups -OCH3 is 1. The molecule has 1 aliphatic carbocycles. The predicted molar refractivity (Wildman–Crippen MR) is 110 cm³/mol. The minimum absolute atomic E-state index is 0.249. The van der Waals surface area contributed by atoms with Crippen LogP contribution in [0.5, 0.6) is 0 Å². The fourth-order valence-corrected chi connectivity index (χ4v) is 4.88. The molecule has 0 spiro atoms. The molecule has 2 aliphatic rings. The first kappa shape index (κ1) is 21.0. The molecule has 28 heavy (non-hydrogen) atoms. The fourth-order valence-electron chi connectivity index (χ4n) is 4.88. The molecule has 156 valence electrons. The molecular weight excluding hydrogens is 354 g/mol. The first-order chi connectivity index (χ1) is 13.5. The lowest BCUT2D eigenvalue weighted by atomic mass is 9.73. The Morgan fingerprint density at radius 3 is 3.00 bits per heavy atom. The maximum absolute atomic E-state index is 12.7. The van der Waals surface area contributed by atoms with Crippen molar-refractivity contribution in [1.29, 1.82) is 0 Å². The van der Waals surface area contributed by atoms with E-state index in [1.807, 2.05) is 18.1 Å². The Morgan fingerprint density at radius 1 is 1.43 bits per heavy atom. The highest BCUT2D eigenvalue weighted by atomic mass is 16.5. The van der Waals surface area contributed by atoms with Gasteiger partial charge >= 0.3 is 0 Å². The summed E-state index contributed by atoms with van der Waals surface area (Å²) in [5.74, 6) is 1.56. The van der Waals surface area contributed by atoms with E-state index in [0.717, 1.165) is 57.4 Å². The van der Waals surface area contributed by atoms with E-state index in [1.165, 1.54) is 5.56 Å². The molecule has 0 unspecified atom stereocenters. The third kappa shape index (κ3) is 5.00. The van der Waals surface area contributed by atoms with E-state index in [2.05, 4.69) is 21.8 Å². The van der Waals surface area contributed by atoms with Gasteiger partial charge in [0, 0.05) is 58.2 Å². The first-order valence-electron chi connectivity index (χ1n) is 10.6. The van der Waals surface area contributed by atoms with Gasteiger partial charge in [0.15, 0.2) is 0 Å². The Bertz CT molecular complexity index is 668. The van der Waals surface area contributed by atoms with Gasteiger partial charge in [-0.2, -0.15) is 0 Å². The smallest absolute Gasteiger partial charge is 0.222 e. The number of nitrogen functional groups attached to an aromatic ring is 1. The van der Waals surface area contributed by atoms with Crippen LogP contribution in [0.1, 0.15) is 43.9 Å². The van der Waals surface area contributed by atoms with Gasteiger partial charge in [0.1, 0.15) is 0 Å². The number of hydrogen-bond donors (Lipinski definition) is 1. The van der Waals surface area contributed by atoms with Crippen LogP contribution in [-0.2, 0) is 22.4 Å². The number of fused-ring (bicyclic) bond motifs is 2. The lowest BCUT2D eigenvalue weighted by Gasteiger charge is -2.47. The molecule has 2 heterocycles. The summed E-state index contributed by atoms with van der Waals surface area (Å²) in [5.41, 5.74) is 8.15. The number of likely N-dealkylation sites (tertiary alicyclic amines) is 1. The second-order valence-electron chi connectivity index (χ2n) is 8.40. The van der Waals surface area contributed by atoms with Gasteiger partial charge in [-0.05, 0) is 56.0 Å². The minimum atomic E-state index is 0.249. The maximum atomic E-state index is 12.7. The summed E-state index contributed by atoms with van der Waals surface area (Å²) in [7, 11) is 3.60. The molecule has 7 heteroatoms. The van der Waals surface area contributed by atoms with Crippen LogP contribution in [0.2, 0.25) is 0 Å². The number of nitrogens with zero attached hydrogens (tertiary/aromatic N) is 4. The zero-order valence-corrected chi connectivity index (χ0v) is 17.6. The number of anilines is 1. The third-order valence-electron chi connectivity index (χ3n) is 6.24. The maximum Gasteiger partial charge on any atom is 0.222 e. The first-order valence-corrected chi connectivity index (χ1v) is 10.6. The molecule has 1 fully saturated rings. The Labute approximate surface area is 168 Å². The molecule has 3 atom stereocenters. The highest BCUT2D eigenvalue weighted by molar-refractivity contribution is 5.76. The summed E-state index contributed by atoms with van der Waals surface area (Å²) >= 11 is 0. The van der Waals surface area contributed by atoms with Crippen molar-refractivity contribution in [3.05, 3.63) is 17.5 Å². The van der Waals surface area contributed by atoms with Crippen molar-refractivity contribution >= 4 is 11.9 Å². The molecule has 7 nitrogen and oxygen atoms in total. The quantitative estimate of drug-likeness (QED) is 0.682. The monoisotopic (exact) mass is 389 g/mol. The average molecular weight is 390 g/mol. The number of nitrogens with two attached hydrogens (primary N) is 1. The molecule has 3 rings (SSSR count). The summed E-state index contributed by atoms with van der Waals surface area (Å²) in [6.07, 6.45) is 7.58. The van der Waals surface area contributed by atoms with Gasteiger partial charge in [-0.3, -0.25) is 9.69 Å². The number of rotatable bonds is 8. The number of hydrogen-bond acceptors (Lipinski definition) is 6. The van der Waals surface area contributed by atoms with E-state index >= 15 is 0 Å². The Hall–Kier alpha value is -1.73. The molecule has 0 bridgehead atoms. The highest BCUT2D eigenvalue weighted by Gasteiger charge is 2.40. The Kier molecular flexibility index (Phi) is 7.24. The van der Waals surface area contributed by atoms with Gasteiger partial charge in [0.2, 0.25) is 11.9 Å². The summed E-state index contributed by atoms with van der Waals surface area (Å²) in [5, 5.41) is 0. The van der Waals surface area contributed by atoms with Crippen LogP contribution in [0.4, 0.5) is 5.95 Å². The van der Waals surface area contributed by atoms with Gasteiger partial charge in [0.05, 0.1) is 0 Å². The van der Waals surface area contributed by atoms with Crippen molar-refractivity contribution in [3.63, 3.8) is 0 Å². The van der Waals surface area contributed by atoms with E-state index in [1.54, 1.807) is 7.11 Å². The van der Waals surface area contributed by atoms with Gasteiger partial charge in [0.25, 0.3) is 0 Å². The number of carbonyl (C=O) groups is 1. The molecule has 1 aromatic rings. The van der Waals surface area contributed by atoms with Crippen LogP contribution in [0.25, 0.3) is 0 Å². The molecule has 0 radical (unpaired) electrons. The van der Waals surface area contributed by atoms with E-state index in [-0.39, 0.29) is 5.91 Å². The standard InChI is InChI=1S/C21H35N5O2/c1-4-6-26-14-15(10-20(27)25(2)7-5-8-28-3)9-16-11-18-17(12-19(16)26)13-23-21(22)24-18/h13,15-16,19H,4-12,14H2,1-3H3,(H2,22,23,24)/t15-,16-,19-/m1/s1.